The number of hydrogen-bond donors (Lipinski definition) is 1. The van der Waals surface area contributed by atoms with Crippen LogP contribution in [0.15, 0.2) is 17.7 Å². The zero-order valence-electron chi connectivity index (χ0n) is 20.4. The van der Waals surface area contributed by atoms with Crippen molar-refractivity contribution in [3.63, 3.8) is 0 Å². The zero-order valence-corrected chi connectivity index (χ0v) is 21.2. The number of fused-ring (bicyclic) bond motifs is 4. The highest BCUT2D eigenvalue weighted by molar-refractivity contribution is 6.33. The number of halogens is 1. The predicted molar refractivity (Wildman–Crippen MR) is 137 cm³/mol. The van der Waals surface area contributed by atoms with Crippen LogP contribution >= 0.6 is 11.6 Å². The highest BCUT2D eigenvalue weighted by Gasteiger charge is 2.39. The summed E-state index contributed by atoms with van der Waals surface area (Å²) in [4.78, 5) is 21.5. The number of aromatic nitrogens is 1. The number of H-pyrrole nitrogens is 1. The van der Waals surface area contributed by atoms with Gasteiger partial charge in [0.05, 0.1) is 35.7 Å². The van der Waals surface area contributed by atoms with Crippen LogP contribution in [0.25, 0.3) is 6.08 Å². The van der Waals surface area contributed by atoms with Gasteiger partial charge in [0, 0.05) is 67.3 Å². The number of carbonyl (C=O) groups is 1. The number of carbonyl (C=O) groups excluding carboxylic acids is 1. The fourth-order valence-electron chi connectivity index (χ4n) is 6.57. The summed E-state index contributed by atoms with van der Waals surface area (Å²) in [5, 5.41) is 10.1. The molecule has 0 amide bonds. The number of benzene rings is 1. The SMILES string of the molecule is CC1(C)c2cc(N3CCC(N4CCOCC4)CC3)c(Cl)cc2Cc2c1[nH]c1c2C(=O)CC(C#N)=C1. The summed E-state index contributed by atoms with van der Waals surface area (Å²) in [7, 11) is 0. The lowest BCUT2D eigenvalue weighted by atomic mass is 9.71. The van der Waals surface area contributed by atoms with Crippen molar-refractivity contribution in [3.05, 3.63) is 56.4 Å². The van der Waals surface area contributed by atoms with E-state index in [-0.39, 0.29) is 17.6 Å². The Morgan fingerprint density at radius 1 is 1.14 bits per heavy atom. The van der Waals surface area contributed by atoms with Gasteiger partial charge in [0.15, 0.2) is 5.78 Å². The third-order valence-electron chi connectivity index (χ3n) is 8.43. The number of piperidine rings is 1. The van der Waals surface area contributed by atoms with E-state index in [1.165, 1.54) is 11.1 Å². The van der Waals surface area contributed by atoms with Crippen LogP contribution in [0.4, 0.5) is 5.69 Å². The molecule has 3 heterocycles. The average Bonchev–Trinajstić information content (AvgIpc) is 3.24. The van der Waals surface area contributed by atoms with E-state index in [0.29, 0.717) is 18.0 Å². The summed E-state index contributed by atoms with van der Waals surface area (Å²) in [6.07, 6.45) is 4.98. The molecule has 0 radical (unpaired) electrons. The van der Waals surface area contributed by atoms with Crippen molar-refractivity contribution < 1.29 is 9.53 Å². The number of allylic oxidation sites excluding steroid dienone is 1. The lowest BCUT2D eigenvalue weighted by molar-refractivity contribution is 0.0115. The topological polar surface area (TPSA) is 72.4 Å². The minimum atomic E-state index is -0.299. The van der Waals surface area contributed by atoms with Gasteiger partial charge in [0.25, 0.3) is 0 Å². The largest absolute Gasteiger partial charge is 0.379 e. The minimum Gasteiger partial charge on any atom is -0.379 e. The summed E-state index contributed by atoms with van der Waals surface area (Å²) in [6, 6.07) is 7.19. The molecule has 0 spiro atoms. The van der Waals surface area contributed by atoms with Gasteiger partial charge in [0.2, 0.25) is 0 Å². The van der Waals surface area contributed by atoms with E-state index in [1.54, 1.807) is 0 Å². The second-order valence-electron chi connectivity index (χ2n) is 10.8. The van der Waals surface area contributed by atoms with Crippen LogP contribution in [-0.2, 0) is 16.6 Å². The molecule has 2 fully saturated rings. The summed E-state index contributed by atoms with van der Waals surface area (Å²) in [5.74, 6) is 0.0293. The standard InChI is InChI=1S/C28H31ClN4O2/c1-28(2)21-15-24(33-5-3-19(4-6-33)32-7-9-35-10-8-32)22(29)14-18(21)13-20-26-23(31-27(20)28)11-17(16-30)12-25(26)34/h11,14-15,19,31H,3-10,12-13H2,1-2H3. The Labute approximate surface area is 211 Å². The quantitative estimate of drug-likeness (QED) is 0.661. The fraction of sp³-hybridized carbons (Fsp3) is 0.500. The van der Waals surface area contributed by atoms with Gasteiger partial charge in [-0.05, 0) is 47.7 Å². The van der Waals surface area contributed by atoms with Gasteiger partial charge in [-0.1, -0.05) is 25.4 Å². The van der Waals surface area contributed by atoms with E-state index < -0.39 is 0 Å². The summed E-state index contributed by atoms with van der Waals surface area (Å²) < 4.78 is 5.53. The van der Waals surface area contributed by atoms with Gasteiger partial charge in [-0.25, -0.2) is 0 Å². The number of Topliss-reactive ketones (excluding diaryl/α,β-unsaturated/α-hetero) is 1. The molecule has 2 aliphatic heterocycles. The third kappa shape index (κ3) is 3.72. The molecule has 2 aliphatic carbocycles. The highest BCUT2D eigenvalue weighted by atomic mass is 35.5. The van der Waals surface area contributed by atoms with Crippen molar-refractivity contribution in [1.29, 1.82) is 5.26 Å². The Kier molecular flexibility index (Phi) is 5.56. The number of morpholine rings is 1. The molecule has 6 rings (SSSR count). The second-order valence-corrected chi connectivity index (χ2v) is 11.2. The molecule has 182 valence electrons. The number of rotatable bonds is 2. The summed E-state index contributed by atoms with van der Waals surface area (Å²) in [5.41, 5.74) is 7.45. The Morgan fingerprint density at radius 3 is 2.60 bits per heavy atom. The number of ether oxygens (including phenoxy) is 1. The first-order valence-electron chi connectivity index (χ1n) is 12.7. The van der Waals surface area contributed by atoms with Crippen molar-refractivity contribution in [2.45, 2.75) is 51.0 Å². The molecule has 0 atom stereocenters. The average molecular weight is 491 g/mol. The first kappa shape index (κ1) is 22.8. The van der Waals surface area contributed by atoms with Crippen LogP contribution in [0.5, 0.6) is 0 Å². The predicted octanol–water partition coefficient (Wildman–Crippen LogP) is 4.69. The Balaban J connectivity index is 1.31. The summed E-state index contributed by atoms with van der Waals surface area (Å²) in [6.45, 7) is 10.2. The van der Waals surface area contributed by atoms with Gasteiger partial charge < -0.3 is 14.6 Å². The Hall–Kier alpha value is -2.59. The Bertz CT molecular complexity index is 1270. The van der Waals surface area contributed by atoms with E-state index in [4.69, 9.17) is 16.3 Å². The third-order valence-corrected chi connectivity index (χ3v) is 8.73. The molecular weight excluding hydrogens is 460 g/mol. The molecule has 0 saturated carbocycles. The molecule has 35 heavy (non-hydrogen) atoms. The number of anilines is 1. The molecule has 2 saturated heterocycles. The zero-order chi connectivity index (χ0) is 24.3. The van der Waals surface area contributed by atoms with E-state index in [0.717, 1.165) is 85.5 Å². The maximum Gasteiger partial charge on any atom is 0.170 e. The van der Waals surface area contributed by atoms with Gasteiger partial charge in [-0.2, -0.15) is 5.26 Å². The molecule has 4 aliphatic rings. The van der Waals surface area contributed by atoms with E-state index >= 15 is 0 Å². The first-order valence-corrected chi connectivity index (χ1v) is 13.0. The second kappa shape index (κ2) is 8.51. The van der Waals surface area contributed by atoms with Gasteiger partial charge >= 0.3 is 0 Å². The fourth-order valence-corrected chi connectivity index (χ4v) is 6.87. The Morgan fingerprint density at radius 2 is 1.89 bits per heavy atom. The molecule has 2 aromatic rings. The van der Waals surface area contributed by atoms with Gasteiger partial charge in [0.1, 0.15) is 0 Å². The summed E-state index contributed by atoms with van der Waals surface area (Å²) >= 11 is 6.89. The van der Waals surface area contributed by atoms with Crippen molar-refractivity contribution in [1.82, 2.24) is 9.88 Å². The molecule has 6 nitrogen and oxygen atoms in total. The highest BCUT2D eigenvalue weighted by Crippen LogP contribution is 2.47. The first-order chi connectivity index (χ1) is 16.9. The van der Waals surface area contributed by atoms with Crippen molar-refractivity contribution >= 4 is 29.1 Å². The number of nitrogens with zero attached hydrogens (tertiary/aromatic N) is 3. The number of nitriles is 1. The molecule has 7 heteroatoms. The van der Waals surface area contributed by atoms with Crippen molar-refractivity contribution in [2.75, 3.05) is 44.3 Å². The number of hydrogen-bond acceptors (Lipinski definition) is 5. The van der Waals surface area contributed by atoms with E-state index in [2.05, 4.69) is 46.8 Å². The van der Waals surface area contributed by atoms with Crippen LogP contribution < -0.4 is 4.90 Å². The number of ketones is 1. The van der Waals surface area contributed by atoms with Crippen LogP contribution in [0.3, 0.4) is 0 Å². The van der Waals surface area contributed by atoms with Crippen LogP contribution in [0, 0.1) is 11.3 Å². The van der Waals surface area contributed by atoms with Crippen LogP contribution in [0.2, 0.25) is 5.02 Å². The maximum absolute atomic E-state index is 12.9. The van der Waals surface area contributed by atoms with E-state index in [9.17, 15) is 10.1 Å². The minimum absolute atomic E-state index is 0.0293. The van der Waals surface area contributed by atoms with Gasteiger partial charge in [-0.15, -0.1) is 0 Å². The lowest BCUT2D eigenvalue weighted by Gasteiger charge is -2.41. The molecule has 0 unspecified atom stereocenters. The normalized spacial score (nSPS) is 22.2. The van der Waals surface area contributed by atoms with E-state index in [1.807, 2.05) is 6.08 Å². The van der Waals surface area contributed by atoms with Gasteiger partial charge in [-0.3, -0.25) is 9.69 Å². The van der Waals surface area contributed by atoms with Crippen molar-refractivity contribution in [3.8, 4) is 6.07 Å². The smallest absolute Gasteiger partial charge is 0.170 e. The maximum atomic E-state index is 12.9. The van der Waals surface area contributed by atoms with Crippen LogP contribution in [-0.4, -0.2) is 61.1 Å². The number of nitrogens with one attached hydrogen (secondary N) is 1. The number of aromatic amines is 1. The lowest BCUT2D eigenvalue weighted by Crippen LogP contribution is -2.49. The molecule has 0 bridgehead atoms. The molecule has 1 aromatic carbocycles. The monoisotopic (exact) mass is 490 g/mol. The van der Waals surface area contributed by atoms with Crippen molar-refractivity contribution in [2.24, 2.45) is 0 Å². The molecular formula is C28H31ClN4O2. The van der Waals surface area contributed by atoms with Crippen LogP contribution in [0.1, 0.15) is 71.5 Å². The molecule has 1 aromatic heterocycles. The molecule has 1 N–H and O–H groups in total.